The quantitative estimate of drug-likeness (QED) is 0.150. The van der Waals surface area contributed by atoms with Crippen LogP contribution < -0.4 is 4.74 Å². The number of hydrogen-bond acceptors (Lipinski definition) is 6. The number of azo groups is 1. The van der Waals surface area contributed by atoms with E-state index in [4.69, 9.17) is 4.74 Å². The van der Waals surface area contributed by atoms with E-state index >= 15 is 0 Å². The Morgan fingerprint density at radius 1 is 0.970 bits per heavy atom. The molecule has 0 saturated heterocycles. The highest BCUT2D eigenvalue weighted by molar-refractivity contribution is 5.62. The maximum Gasteiger partial charge on any atom is 0.300 e. The Bertz CT molecular complexity index is 965. The first kappa shape index (κ1) is 26.3. The van der Waals surface area contributed by atoms with Gasteiger partial charge < -0.3 is 9.84 Å². The number of unbranched alkanes of at least 4 members (excludes halogenated alkanes) is 6. The first-order valence-electron chi connectivity index (χ1n) is 11.8. The second-order valence-electron chi connectivity index (χ2n) is 9.44. The lowest BCUT2D eigenvalue weighted by molar-refractivity contribution is -0.384. The van der Waals surface area contributed by atoms with Crippen LogP contribution in [0, 0.1) is 10.1 Å². The summed E-state index contributed by atoms with van der Waals surface area (Å²) in [5.41, 5.74) is 1.83. The van der Waals surface area contributed by atoms with Gasteiger partial charge in [0.15, 0.2) is 5.69 Å². The van der Waals surface area contributed by atoms with Crippen molar-refractivity contribution in [2.45, 2.75) is 84.5 Å². The highest BCUT2D eigenvalue weighted by Crippen LogP contribution is 2.41. The lowest BCUT2D eigenvalue weighted by atomic mass is 9.84. The molecule has 0 radical (unpaired) electrons. The number of aryl methyl sites for hydroxylation is 1. The number of methoxy groups -OCH3 is 1. The van der Waals surface area contributed by atoms with Crippen LogP contribution in [0.15, 0.2) is 40.6 Å². The summed E-state index contributed by atoms with van der Waals surface area (Å²) in [6, 6.07) is 8.27. The number of ether oxygens (including phenoxy) is 1. The summed E-state index contributed by atoms with van der Waals surface area (Å²) < 4.78 is 5.07. The Kier molecular flexibility index (Phi) is 9.82. The van der Waals surface area contributed by atoms with Crippen LogP contribution in [0.2, 0.25) is 0 Å². The van der Waals surface area contributed by atoms with Gasteiger partial charge in [-0.25, -0.2) is 0 Å². The molecule has 7 heteroatoms. The van der Waals surface area contributed by atoms with Crippen LogP contribution in [-0.2, 0) is 11.8 Å². The molecule has 0 bridgehead atoms. The van der Waals surface area contributed by atoms with Gasteiger partial charge in [0.1, 0.15) is 17.2 Å². The second kappa shape index (κ2) is 12.3. The molecular weight excluding hydrogens is 418 g/mol. The van der Waals surface area contributed by atoms with Crippen molar-refractivity contribution in [2.24, 2.45) is 10.2 Å². The molecule has 0 unspecified atom stereocenters. The Hall–Kier alpha value is -2.96. The Balaban J connectivity index is 2.27. The molecule has 2 rings (SSSR count). The average molecular weight is 456 g/mol. The molecule has 0 spiro atoms. The maximum atomic E-state index is 11.4. The third kappa shape index (κ3) is 7.84. The van der Waals surface area contributed by atoms with Gasteiger partial charge in [-0.3, -0.25) is 10.1 Å². The number of nitro benzene ring substituents is 1. The van der Waals surface area contributed by atoms with Gasteiger partial charge in [0.05, 0.1) is 18.1 Å². The molecule has 0 aliphatic rings. The first-order chi connectivity index (χ1) is 15.7. The largest absolute Gasteiger partial charge is 0.505 e. The number of aromatic hydroxyl groups is 1. The molecular formula is C26H37N3O4. The van der Waals surface area contributed by atoms with Crippen molar-refractivity contribution in [3.05, 3.63) is 51.6 Å². The molecule has 0 aromatic heterocycles. The highest BCUT2D eigenvalue weighted by atomic mass is 16.6. The van der Waals surface area contributed by atoms with Gasteiger partial charge in [-0.1, -0.05) is 72.3 Å². The minimum absolute atomic E-state index is 0.0609. The topological polar surface area (TPSA) is 97.3 Å². The molecule has 2 aromatic carbocycles. The van der Waals surface area contributed by atoms with E-state index in [1.54, 1.807) is 6.07 Å². The summed E-state index contributed by atoms with van der Waals surface area (Å²) in [6.07, 6.45) is 9.49. The molecule has 0 saturated carbocycles. The number of nitrogens with zero attached hydrogens (tertiary/aromatic N) is 3. The van der Waals surface area contributed by atoms with Gasteiger partial charge in [-0.2, -0.15) is 0 Å². The van der Waals surface area contributed by atoms with Crippen LogP contribution in [0.3, 0.4) is 0 Å². The van der Waals surface area contributed by atoms with Crippen molar-refractivity contribution in [1.82, 2.24) is 0 Å². The van der Waals surface area contributed by atoms with Gasteiger partial charge in [0, 0.05) is 5.56 Å². The van der Waals surface area contributed by atoms with E-state index in [9.17, 15) is 15.2 Å². The predicted molar refractivity (Wildman–Crippen MR) is 132 cm³/mol. The van der Waals surface area contributed by atoms with Crippen LogP contribution in [0.1, 0.15) is 83.8 Å². The molecule has 0 fully saturated rings. The van der Waals surface area contributed by atoms with Crippen LogP contribution in [0.5, 0.6) is 11.5 Å². The molecule has 0 aliphatic heterocycles. The number of nitro groups is 1. The van der Waals surface area contributed by atoms with Gasteiger partial charge in [0.2, 0.25) is 0 Å². The molecule has 0 amide bonds. The molecule has 2 aromatic rings. The number of benzene rings is 2. The molecule has 7 nitrogen and oxygen atoms in total. The number of phenols is 1. The first-order valence-corrected chi connectivity index (χ1v) is 11.8. The molecule has 0 atom stereocenters. The standard InChI is InChI=1S/C26H37N3O4/c1-6-7-8-9-10-11-12-13-19-16-21(26(2,3)4)25(30)23(17-19)28-27-22-15-14-20(33-5)18-24(22)29(31)32/h14-18,30H,6-13H2,1-5H3/b28-27+. The van der Waals surface area contributed by atoms with E-state index in [0.29, 0.717) is 11.4 Å². The van der Waals surface area contributed by atoms with Gasteiger partial charge in [0.25, 0.3) is 5.69 Å². The fraction of sp³-hybridized carbons (Fsp3) is 0.538. The normalized spacial score (nSPS) is 11.8. The van der Waals surface area contributed by atoms with E-state index in [1.807, 2.05) is 32.9 Å². The van der Waals surface area contributed by atoms with Gasteiger partial charge in [-0.05, 0) is 42.0 Å². The van der Waals surface area contributed by atoms with Crippen molar-refractivity contribution in [2.75, 3.05) is 7.11 Å². The predicted octanol–water partition coefficient (Wildman–Crippen LogP) is 8.32. The monoisotopic (exact) mass is 455 g/mol. The van der Waals surface area contributed by atoms with Gasteiger partial charge >= 0.3 is 0 Å². The van der Waals surface area contributed by atoms with Crippen LogP contribution >= 0.6 is 0 Å². The summed E-state index contributed by atoms with van der Waals surface area (Å²) in [7, 11) is 1.45. The summed E-state index contributed by atoms with van der Waals surface area (Å²) in [6.45, 7) is 8.33. The number of hydrogen-bond donors (Lipinski definition) is 1. The van der Waals surface area contributed by atoms with E-state index in [-0.39, 0.29) is 22.5 Å². The maximum absolute atomic E-state index is 11.4. The third-order valence-corrected chi connectivity index (χ3v) is 5.67. The van der Waals surface area contributed by atoms with Crippen molar-refractivity contribution >= 4 is 17.1 Å². The average Bonchev–Trinajstić information content (AvgIpc) is 2.77. The smallest absolute Gasteiger partial charge is 0.300 e. The van der Waals surface area contributed by atoms with Crippen LogP contribution in [0.4, 0.5) is 17.1 Å². The van der Waals surface area contributed by atoms with Crippen LogP contribution in [0.25, 0.3) is 0 Å². The molecule has 180 valence electrons. The van der Waals surface area contributed by atoms with Gasteiger partial charge in [-0.15, -0.1) is 10.2 Å². The minimum Gasteiger partial charge on any atom is -0.505 e. The van der Waals surface area contributed by atoms with Crippen molar-refractivity contribution in [1.29, 1.82) is 0 Å². The van der Waals surface area contributed by atoms with E-state index in [1.165, 1.54) is 57.8 Å². The van der Waals surface area contributed by atoms with E-state index < -0.39 is 4.92 Å². The highest BCUT2D eigenvalue weighted by Gasteiger charge is 2.22. The lowest BCUT2D eigenvalue weighted by Crippen LogP contribution is -2.12. The van der Waals surface area contributed by atoms with Crippen molar-refractivity contribution in [3.8, 4) is 11.5 Å². The Morgan fingerprint density at radius 3 is 2.21 bits per heavy atom. The zero-order valence-electron chi connectivity index (χ0n) is 20.6. The number of rotatable bonds is 12. The molecule has 33 heavy (non-hydrogen) atoms. The fourth-order valence-electron chi connectivity index (χ4n) is 3.72. The lowest BCUT2D eigenvalue weighted by Gasteiger charge is -2.22. The third-order valence-electron chi connectivity index (χ3n) is 5.67. The van der Waals surface area contributed by atoms with Crippen molar-refractivity contribution in [3.63, 3.8) is 0 Å². The summed E-state index contributed by atoms with van der Waals surface area (Å²) in [5.74, 6) is 0.431. The Morgan fingerprint density at radius 2 is 1.61 bits per heavy atom. The summed E-state index contributed by atoms with van der Waals surface area (Å²) >= 11 is 0. The minimum atomic E-state index is -0.520. The SMILES string of the molecule is CCCCCCCCCc1cc(/N=N/c2ccc(OC)cc2[N+](=O)[O-])c(O)c(C(C)(C)C)c1. The zero-order chi connectivity index (χ0) is 24.4. The zero-order valence-corrected chi connectivity index (χ0v) is 20.6. The fourth-order valence-corrected chi connectivity index (χ4v) is 3.72. The summed E-state index contributed by atoms with van der Waals surface area (Å²) in [4.78, 5) is 10.9. The number of phenolic OH excluding ortho intramolecular Hbond substituents is 1. The molecule has 0 heterocycles. The molecule has 1 N–H and O–H groups in total. The van der Waals surface area contributed by atoms with E-state index in [2.05, 4.69) is 17.2 Å². The second-order valence-corrected chi connectivity index (χ2v) is 9.44. The molecule has 0 aliphatic carbocycles. The summed E-state index contributed by atoms with van der Waals surface area (Å²) in [5, 5.41) is 30.6. The Labute approximate surface area is 197 Å². The van der Waals surface area contributed by atoms with Crippen LogP contribution in [-0.4, -0.2) is 17.1 Å². The van der Waals surface area contributed by atoms with E-state index in [0.717, 1.165) is 24.0 Å². The van der Waals surface area contributed by atoms with Crippen molar-refractivity contribution < 1.29 is 14.8 Å².